The zero-order chi connectivity index (χ0) is 28.3. The predicted molar refractivity (Wildman–Crippen MR) is 132 cm³/mol. The lowest BCUT2D eigenvalue weighted by atomic mass is 9.95. The summed E-state index contributed by atoms with van der Waals surface area (Å²) in [4.78, 5) is 28.1. The number of aromatic nitrogens is 2. The van der Waals surface area contributed by atoms with Crippen molar-refractivity contribution >= 4 is 19.5 Å². The molecule has 3 rings (SSSR count). The standard InChI is InChI=1S/C23H31F2N4O8P/c1-13(2)34-20(31)14(3)28-38(33,37-16-8-6-5-7-9-16)36-15(4)18-19(30)23(25,12-24)21(35-18)29-11-10-17(26)27-22(29)32/h5-11,13-15,18-19,21,30H,12H2,1-4H3,(H,28,33)(H2,26,27,32)/t14-,15+,18+,19?,21+,23+,38?/m0/s1. The van der Waals surface area contributed by atoms with E-state index in [1.807, 2.05) is 0 Å². The highest BCUT2D eigenvalue weighted by atomic mass is 31.2. The van der Waals surface area contributed by atoms with E-state index in [0.29, 0.717) is 4.57 Å². The van der Waals surface area contributed by atoms with Crippen molar-refractivity contribution in [2.75, 3.05) is 12.4 Å². The third-order valence-corrected chi connectivity index (χ3v) is 7.37. The Hall–Kier alpha value is -2.90. The molecule has 0 bridgehead atoms. The monoisotopic (exact) mass is 560 g/mol. The number of rotatable bonds is 11. The second kappa shape index (κ2) is 11.9. The molecule has 38 heavy (non-hydrogen) atoms. The Morgan fingerprint density at radius 2 is 1.95 bits per heavy atom. The van der Waals surface area contributed by atoms with E-state index in [9.17, 15) is 23.7 Å². The van der Waals surface area contributed by atoms with E-state index in [0.717, 1.165) is 6.20 Å². The van der Waals surface area contributed by atoms with E-state index < -0.39 is 68.4 Å². The first-order valence-corrected chi connectivity index (χ1v) is 13.3. The van der Waals surface area contributed by atoms with Crippen LogP contribution in [0.2, 0.25) is 0 Å². The minimum atomic E-state index is -4.44. The van der Waals surface area contributed by atoms with Crippen molar-refractivity contribution < 1.29 is 41.8 Å². The number of anilines is 1. The van der Waals surface area contributed by atoms with Crippen LogP contribution in [-0.2, 0) is 23.4 Å². The molecule has 2 heterocycles. The first-order valence-electron chi connectivity index (χ1n) is 11.7. The number of aliphatic hydroxyl groups is 1. The van der Waals surface area contributed by atoms with Crippen molar-refractivity contribution in [1.82, 2.24) is 14.6 Å². The number of esters is 1. The molecule has 0 spiro atoms. The fourth-order valence-corrected chi connectivity index (χ4v) is 5.46. The summed E-state index contributed by atoms with van der Waals surface area (Å²) in [5.41, 5.74) is 1.34. The summed E-state index contributed by atoms with van der Waals surface area (Å²) < 4.78 is 65.9. The Morgan fingerprint density at radius 3 is 2.53 bits per heavy atom. The number of nitrogen functional groups attached to an aromatic ring is 1. The van der Waals surface area contributed by atoms with Crippen LogP contribution in [0.3, 0.4) is 0 Å². The number of halogens is 2. The molecule has 1 fully saturated rings. The van der Waals surface area contributed by atoms with Crippen LogP contribution in [0.15, 0.2) is 47.4 Å². The highest BCUT2D eigenvalue weighted by molar-refractivity contribution is 7.52. The molecule has 7 atom stereocenters. The maximum atomic E-state index is 15.7. The second-order valence-corrected chi connectivity index (χ2v) is 10.7. The van der Waals surface area contributed by atoms with Crippen LogP contribution in [0.1, 0.15) is 33.9 Å². The molecule has 2 unspecified atom stereocenters. The molecule has 1 aliphatic heterocycles. The number of nitrogens with one attached hydrogen (secondary N) is 1. The molecule has 1 aromatic heterocycles. The third kappa shape index (κ3) is 6.56. The molecular weight excluding hydrogens is 529 g/mol. The number of aliphatic hydroxyl groups excluding tert-OH is 1. The van der Waals surface area contributed by atoms with Crippen molar-refractivity contribution in [3.05, 3.63) is 53.1 Å². The van der Waals surface area contributed by atoms with Gasteiger partial charge in [0.1, 0.15) is 36.5 Å². The quantitative estimate of drug-likeness (QED) is 0.273. The van der Waals surface area contributed by atoms with Crippen LogP contribution < -0.4 is 21.0 Å². The van der Waals surface area contributed by atoms with Crippen LogP contribution in [-0.4, -0.2) is 63.4 Å². The van der Waals surface area contributed by atoms with E-state index >= 15 is 4.39 Å². The van der Waals surface area contributed by atoms with E-state index in [4.69, 9.17) is 24.3 Å². The van der Waals surface area contributed by atoms with Crippen molar-refractivity contribution in [2.24, 2.45) is 0 Å². The van der Waals surface area contributed by atoms with Crippen molar-refractivity contribution in [2.45, 2.75) is 70.0 Å². The van der Waals surface area contributed by atoms with Crippen LogP contribution in [0.25, 0.3) is 0 Å². The average Bonchev–Trinajstić information content (AvgIpc) is 3.10. The minimum absolute atomic E-state index is 0.105. The minimum Gasteiger partial charge on any atom is -0.462 e. The lowest BCUT2D eigenvalue weighted by Crippen LogP contribution is -2.48. The number of ether oxygens (including phenoxy) is 2. The van der Waals surface area contributed by atoms with Crippen LogP contribution >= 0.6 is 7.75 Å². The van der Waals surface area contributed by atoms with Gasteiger partial charge in [-0.25, -0.2) is 18.1 Å². The number of benzene rings is 1. The maximum absolute atomic E-state index is 15.7. The molecule has 0 radical (unpaired) electrons. The first-order chi connectivity index (χ1) is 17.8. The summed E-state index contributed by atoms with van der Waals surface area (Å²) in [6, 6.07) is 7.85. The van der Waals surface area contributed by atoms with Gasteiger partial charge < -0.3 is 24.8 Å². The van der Waals surface area contributed by atoms with Gasteiger partial charge >= 0.3 is 19.4 Å². The van der Waals surface area contributed by atoms with E-state index in [-0.39, 0.29) is 11.6 Å². The van der Waals surface area contributed by atoms with E-state index in [1.165, 1.54) is 32.0 Å². The summed E-state index contributed by atoms with van der Waals surface area (Å²) in [7, 11) is -4.44. The van der Waals surface area contributed by atoms with Gasteiger partial charge in [0.05, 0.1) is 12.2 Å². The molecule has 0 amide bonds. The summed E-state index contributed by atoms with van der Waals surface area (Å²) in [6.07, 6.45) is -6.55. The Kier molecular flexibility index (Phi) is 9.26. The van der Waals surface area contributed by atoms with Gasteiger partial charge in [-0.2, -0.15) is 10.1 Å². The Balaban J connectivity index is 1.88. The maximum Gasteiger partial charge on any atom is 0.459 e. The van der Waals surface area contributed by atoms with Gasteiger partial charge in [-0.3, -0.25) is 13.9 Å². The zero-order valence-corrected chi connectivity index (χ0v) is 22.1. The lowest BCUT2D eigenvalue weighted by Gasteiger charge is -2.29. The largest absolute Gasteiger partial charge is 0.462 e. The third-order valence-electron chi connectivity index (χ3n) is 5.60. The van der Waals surface area contributed by atoms with Gasteiger partial charge in [0.15, 0.2) is 6.23 Å². The fraction of sp³-hybridized carbons (Fsp3) is 0.522. The highest BCUT2D eigenvalue weighted by Gasteiger charge is 2.61. The first kappa shape index (κ1) is 29.7. The molecule has 4 N–H and O–H groups in total. The molecular formula is C23H31F2N4O8P. The van der Waals surface area contributed by atoms with Gasteiger partial charge in [0, 0.05) is 6.20 Å². The number of carbonyl (C=O) groups is 1. The van der Waals surface area contributed by atoms with Gasteiger partial charge in [-0.1, -0.05) is 18.2 Å². The summed E-state index contributed by atoms with van der Waals surface area (Å²) >= 11 is 0. The topological polar surface area (TPSA) is 164 Å². The van der Waals surface area contributed by atoms with Crippen LogP contribution in [0, 0.1) is 0 Å². The molecule has 1 aromatic carbocycles. The molecule has 15 heteroatoms. The number of hydrogen-bond acceptors (Lipinski definition) is 10. The average molecular weight is 560 g/mol. The number of nitrogens with two attached hydrogens (primary N) is 1. The number of carbonyl (C=O) groups excluding carboxylic acids is 1. The summed E-state index contributed by atoms with van der Waals surface area (Å²) in [5, 5.41) is 13.2. The smallest absolute Gasteiger partial charge is 0.459 e. The van der Waals surface area contributed by atoms with Crippen molar-refractivity contribution in [3.63, 3.8) is 0 Å². The van der Waals surface area contributed by atoms with Crippen LogP contribution in [0.4, 0.5) is 14.6 Å². The number of para-hydroxylation sites is 1. The molecule has 2 aromatic rings. The van der Waals surface area contributed by atoms with Gasteiger partial charge in [-0.05, 0) is 45.9 Å². The Labute approximate surface area is 217 Å². The van der Waals surface area contributed by atoms with Gasteiger partial charge in [0.25, 0.3) is 0 Å². The molecule has 12 nitrogen and oxygen atoms in total. The Bertz CT molecular complexity index is 1220. The molecule has 210 valence electrons. The predicted octanol–water partition coefficient (Wildman–Crippen LogP) is 2.28. The van der Waals surface area contributed by atoms with Crippen LogP contribution in [0.5, 0.6) is 5.75 Å². The highest BCUT2D eigenvalue weighted by Crippen LogP contribution is 2.49. The molecule has 1 aliphatic rings. The number of alkyl halides is 2. The molecule has 0 aliphatic carbocycles. The van der Waals surface area contributed by atoms with E-state index in [2.05, 4.69) is 10.1 Å². The molecule has 0 saturated carbocycles. The normalized spacial score (nSPS) is 26.5. The zero-order valence-electron chi connectivity index (χ0n) is 21.2. The Morgan fingerprint density at radius 1 is 1.29 bits per heavy atom. The second-order valence-electron chi connectivity index (χ2n) is 9.05. The van der Waals surface area contributed by atoms with Gasteiger partial charge in [-0.15, -0.1) is 0 Å². The number of hydrogen-bond donors (Lipinski definition) is 3. The van der Waals surface area contributed by atoms with Crippen molar-refractivity contribution in [1.29, 1.82) is 0 Å². The summed E-state index contributed by atoms with van der Waals surface area (Å²) in [5.74, 6) is -0.799. The molecule has 1 saturated heterocycles. The number of nitrogens with zero attached hydrogens (tertiary/aromatic N) is 2. The summed E-state index contributed by atoms with van der Waals surface area (Å²) in [6.45, 7) is 4.18. The van der Waals surface area contributed by atoms with Crippen molar-refractivity contribution in [3.8, 4) is 5.75 Å². The van der Waals surface area contributed by atoms with E-state index in [1.54, 1.807) is 32.0 Å². The SMILES string of the molecule is CC(C)OC(=O)[C@H](C)NP(=O)(Oc1ccccc1)O[C@H](C)[C@H]1O[C@@H](n2ccc(N)nc2=O)[C@@](F)(CF)C1O. The lowest BCUT2D eigenvalue weighted by molar-refractivity contribution is -0.149. The van der Waals surface area contributed by atoms with Gasteiger partial charge in [0.2, 0.25) is 5.67 Å². The fourth-order valence-electron chi connectivity index (χ4n) is 3.77.